The van der Waals surface area contributed by atoms with Gasteiger partial charge in [-0.25, -0.2) is 4.98 Å². The van der Waals surface area contributed by atoms with Crippen molar-refractivity contribution in [2.45, 2.75) is 33.1 Å². The molecule has 0 fully saturated rings. The number of benzene rings is 2. The maximum atomic E-state index is 12.4. The van der Waals surface area contributed by atoms with Crippen LogP contribution < -0.4 is 10.6 Å². The van der Waals surface area contributed by atoms with Crippen molar-refractivity contribution in [3.63, 3.8) is 0 Å². The van der Waals surface area contributed by atoms with Gasteiger partial charge in [-0.15, -0.1) is 11.3 Å². The normalized spacial score (nSPS) is 10.8. The second-order valence-corrected chi connectivity index (χ2v) is 7.91. The number of amides is 2. The van der Waals surface area contributed by atoms with Crippen molar-refractivity contribution in [3.8, 4) is 10.6 Å². The van der Waals surface area contributed by atoms with Crippen LogP contribution in [0.1, 0.15) is 48.3 Å². The number of hydrogen-bond acceptors (Lipinski definition) is 4. The van der Waals surface area contributed by atoms with E-state index in [1.165, 1.54) is 16.9 Å². The number of para-hydroxylation sites is 1. The van der Waals surface area contributed by atoms with Gasteiger partial charge in [0.25, 0.3) is 5.91 Å². The van der Waals surface area contributed by atoms with Gasteiger partial charge in [-0.05, 0) is 29.5 Å². The van der Waals surface area contributed by atoms with Crippen LogP contribution >= 0.6 is 11.3 Å². The molecule has 0 radical (unpaired) electrons. The second-order valence-electron chi connectivity index (χ2n) is 7.06. The minimum absolute atomic E-state index is 0.104. The minimum atomic E-state index is -0.356. The Balaban J connectivity index is 1.58. The minimum Gasteiger partial charge on any atom is -0.342 e. The monoisotopic (exact) mass is 407 g/mol. The molecule has 0 bridgehead atoms. The molecule has 0 atom stereocenters. The van der Waals surface area contributed by atoms with Gasteiger partial charge in [0.05, 0.1) is 6.54 Å². The van der Waals surface area contributed by atoms with Crippen molar-refractivity contribution in [3.05, 3.63) is 70.7 Å². The van der Waals surface area contributed by atoms with E-state index >= 15 is 0 Å². The molecule has 2 amide bonds. The fourth-order valence-corrected chi connectivity index (χ4v) is 3.72. The fraction of sp³-hybridized carbons (Fsp3) is 0.261. The summed E-state index contributed by atoms with van der Waals surface area (Å²) in [6.07, 6.45) is 0.822. The van der Waals surface area contributed by atoms with Crippen molar-refractivity contribution in [1.82, 2.24) is 10.3 Å². The average Bonchev–Trinajstić information content (AvgIpc) is 3.23. The first kappa shape index (κ1) is 20.7. The maximum Gasteiger partial charge on any atom is 0.271 e. The quantitative estimate of drug-likeness (QED) is 0.587. The van der Waals surface area contributed by atoms with Crippen LogP contribution in [0.3, 0.4) is 0 Å². The van der Waals surface area contributed by atoms with Gasteiger partial charge in [-0.1, -0.05) is 63.2 Å². The molecule has 29 heavy (non-hydrogen) atoms. The first-order chi connectivity index (χ1) is 14.0. The van der Waals surface area contributed by atoms with E-state index < -0.39 is 0 Å². The molecular formula is C23H25N3O2S. The summed E-state index contributed by atoms with van der Waals surface area (Å²) in [5.74, 6) is -0.152. The molecule has 2 aromatic carbocycles. The Bertz CT molecular complexity index is 993. The maximum absolute atomic E-state index is 12.4. The highest BCUT2D eigenvalue weighted by atomic mass is 32.1. The predicted molar refractivity (Wildman–Crippen MR) is 118 cm³/mol. The van der Waals surface area contributed by atoms with Gasteiger partial charge < -0.3 is 10.6 Å². The third-order valence-corrected chi connectivity index (χ3v) is 5.53. The standard InChI is InChI=1S/C23H25N3O2S/c1-4-16-7-5-6-8-19(16)25-21(27)13-24-22(28)20-14-29-23(26-20)18-11-9-17(10-12-18)15(2)3/h5-12,14-15H,4,13H2,1-3H3,(H,24,28)(H,25,27). The summed E-state index contributed by atoms with van der Waals surface area (Å²) < 4.78 is 0. The fourth-order valence-electron chi connectivity index (χ4n) is 2.92. The van der Waals surface area contributed by atoms with E-state index in [0.29, 0.717) is 11.6 Å². The lowest BCUT2D eigenvalue weighted by molar-refractivity contribution is -0.115. The molecule has 150 valence electrons. The number of thiazole rings is 1. The molecule has 0 saturated heterocycles. The van der Waals surface area contributed by atoms with E-state index in [1.54, 1.807) is 5.38 Å². The van der Waals surface area contributed by atoms with Gasteiger partial charge in [0.2, 0.25) is 5.91 Å². The highest BCUT2D eigenvalue weighted by Gasteiger charge is 2.14. The van der Waals surface area contributed by atoms with Crippen molar-refractivity contribution >= 4 is 28.8 Å². The summed E-state index contributed by atoms with van der Waals surface area (Å²) in [5, 5.41) is 7.98. The number of hydrogen-bond donors (Lipinski definition) is 2. The van der Waals surface area contributed by atoms with Crippen LogP contribution in [-0.2, 0) is 11.2 Å². The third kappa shape index (κ3) is 5.29. The summed E-state index contributed by atoms with van der Waals surface area (Å²) in [6.45, 7) is 6.23. The van der Waals surface area contributed by atoms with Gasteiger partial charge in [0.1, 0.15) is 10.7 Å². The lowest BCUT2D eigenvalue weighted by atomic mass is 10.0. The zero-order chi connectivity index (χ0) is 20.8. The number of nitrogens with zero attached hydrogens (tertiary/aromatic N) is 1. The lowest BCUT2D eigenvalue weighted by Gasteiger charge is -2.10. The van der Waals surface area contributed by atoms with Crippen molar-refractivity contribution in [2.75, 3.05) is 11.9 Å². The Labute approximate surface area is 175 Å². The Morgan fingerprint density at radius 2 is 1.79 bits per heavy atom. The molecule has 1 aromatic heterocycles. The van der Waals surface area contributed by atoms with Crippen LogP contribution in [0.4, 0.5) is 5.69 Å². The molecule has 3 aromatic rings. The molecule has 0 aliphatic rings. The molecule has 3 rings (SSSR count). The summed E-state index contributed by atoms with van der Waals surface area (Å²) in [4.78, 5) is 29.0. The number of aryl methyl sites for hydroxylation is 1. The topological polar surface area (TPSA) is 71.1 Å². The van der Waals surface area contributed by atoms with Crippen molar-refractivity contribution in [2.24, 2.45) is 0 Å². The lowest BCUT2D eigenvalue weighted by Crippen LogP contribution is -2.33. The van der Waals surface area contributed by atoms with Gasteiger partial charge in [0.15, 0.2) is 0 Å². The number of anilines is 1. The van der Waals surface area contributed by atoms with Crippen LogP contribution in [-0.4, -0.2) is 23.3 Å². The molecule has 0 spiro atoms. The average molecular weight is 408 g/mol. The van der Waals surface area contributed by atoms with Crippen molar-refractivity contribution in [1.29, 1.82) is 0 Å². The molecule has 0 aliphatic heterocycles. The zero-order valence-electron chi connectivity index (χ0n) is 16.9. The van der Waals surface area contributed by atoms with Crippen molar-refractivity contribution < 1.29 is 9.59 Å². The largest absolute Gasteiger partial charge is 0.342 e. The second kappa shape index (κ2) is 9.47. The first-order valence-electron chi connectivity index (χ1n) is 9.69. The highest BCUT2D eigenvalue weighted by Crippen LogP contribution is 2.25. The third-order valence-electron chi connectivity index (χ3n) is 4.64. The number of nitrogens with one attached hydrogen (secondary N) is 2. The summed E-state index contributed by atoms with van der Waals surface area (Å²) in [5.41, 5.74) is 4.39. The number of carbonyl (C=O) groups excluding carboxylic acids is 2. The van der Waals surface area contributed by atoms with E-state index in [-0.39, 0.29) is 18.4 Å². The van der Waals surface area contributed by atoms with Gasteiger partial charge in [0, 0.05) is 16.6 Å². The van der Waals surface area contributed by atoms with Crippen LogP contribution in [0.15, 0.2) is 53.9 Å². The summed E-state index contributed by atoms with van der Waals surface area (Å²) in [7, 11) is 0. The smallest absolute Gasteiger partial charge is 0.271 e. The molecule has 6 heteroatoms. The first-order valence-corrected chi connectivity index (χ1v) is 10.6. The van der Waals surface area contributed by atoms with E-state index in [1.807, 2.05) is 43.3 Å². The molecule has 2 N–H and O–H groups in total. The van der Waals surface area contributed by atoms with E-state index in [4.69, 9.17) is 0 Å². The van der Waals surface area contributed by atoms with Crippen LogP contribution in [0, 0.1) is 0 Å². The molecule has 1 heterocycles. The molecule has 5 nitrogen and oxygen atoms in total. The Hall–Kier alpha value is -2.99. The van der Waals surface area contributed by atoms with Gasteiger partial charge in [-0.2, -0.15) is 0 Å². The molecule has 0 unspecified atom stereocenters. The van der Waals surface area contributed by atoms with E-state index in [9.17, 15) is 9.59 Å². The van der Waals surface area contributed by atoms with Crippen LogP contribution in [0.25, 0.3) is 10.6 Å². The number of rotatable bonds is 7. The predicted octanol–water partition coefficient (Wildman–Crippen LogP) is 4.86. The summed E-state index contributed by atoms with van der Waals surface area (Å²) in [6, 6.07) is 15.8. The SMILES string of the molecule is CCc1ccccc1NC(=O)CNC(=O)c1csc(-c2ccc(C(C)C)cc2)n1. The van der Waals surface area contributed by atoms with Gasteiger partial charge in [-0.3, -0.25) is 9.59 Å². The van der Waals surface area contributed by atoms with Crippen LogP contribution in [0.2, 0.25) is 0 Å². The Kier molecular flexibility index (Phi) is 6.77. The number of carbonyl (C=O) groups is 2. The summed E-state index contributed by atoms with van der Waals surface area (Å²) >= 11 is 1.41. The van der Waals surface area contributed by atoms with Crippen LogP contribution in [0.5, 0.6) is 0 Å². The number of aromatic nitrogens is 1. The molecular weight excluding hydrogens is 382 g/mol. The Morgan fingerprint density at radius 3 is 2.48 bits per heavy atom. The highest BCUT2D eigenvalue weighted by molar-refractivity contribution is 7.13. The Morgan fingerprint density at radius 1 is 1.07 bits per heavy atom. The zero-order valence-corrected chi connectivity index (χ0v) is 17.7. The molecule has 0 saturated carbocycles. The van der Waals surface area contributed by atoms with E-state index in [2.05, 4.69) is 41.6 Å². The molecule has 0 aliphatic carbocycles. The van der Waals surface area contributed by atoms with Gasteiger partial charge >= 0.3 is 0 Å². The van der Waals surface area contributed by atoms with E-state index in [0.717, 1.165) is 28.2 Å².